The number of carbonyl (C=O) groups is 1. The molecular weight excluding hydrogens is 336 g/mol. The zero-order chi connectivity index (χ0) is 17.1. The molecule has 1 amide bonds. The van der Waals surface area contributed by atoms with Crippen LogP contribution < -0.4 is 0 Å². The number of hydrogen-bond acceptors (Lipinski definition) is 5. The molecule has 3 heterocycles. The van der Waals surface area contributed by atoms with Gasteiger partial charge < -0.3 is 14.4 Å². The van der Waals surface area contributed by atoms with E-state index < -0.39 is 0 Å². The third-order valence-corrected chi connectivity index (χ3v) is 5.81. The Balaban J connectivity index is 1.33. The Labute approximate surface area is 151 Å². The average Bonchev–Trinajstić information content (AvgIpc) is 3.31. The molecule has 1 aliphatic carbocycles. The maximum absolute atomic E-state index is 12.8. The minimum atomic E-state index is 0.140. The van der Waals surface area contributed by atoms with Gasteiger partial charge in [-0.3, -0.25) is 9.78 Å². The number of amides is 1. The molecule has 1 aliphatic heterocycles. The second-order valence-corrected chi connectivity index (χ2v) is 7.57. The van der Waals surface area contributed by atoms with Gasteiger partial charge >= 0.3 is 0 Å². The first-order chi connectivity index (χ1) is 12.3. The van der Waals surface area contributed by atoms with Crippen LogP contribution in [0.25, 0.3) is 0 Å². The minimum absolute atomic E-state index is 0.140. The van der Waals surface area contributed by atoms with Crippen molar-refractivity contribution in [3.63, 3.8) is 0 Å². The lowest BCUT2D eigenvalue weighted by atomic mass is 10.1. The van der Waals surface area contributed by atoms with Crippen LogP contribution >= 0.6 is 11.3 Å². The topological polar surface area (TPSA) is 51.7 Å². The van der Waals surface area contributed by atoms with Gasteiger partial charge in [-0.25, -0.2) is 0 Å². The molecule has 0 spiro atoms. The summed E-state index contributed by atoms with van der Waals surface area (Å²) in [6, 6.07) is 9.85. The number of nitrogens with zero attached hydrogens (tertiary/aromatic N) is 2. The number of ether oxygens (including phenoxy) is 2. The van der Waals surface area contributed by atoms with E-state index in [4.69, 9.17) is 9.47 Å². The molecule has 1 saturated heterocycles. The predicted molar refractivity (Wildman–Crippen MR) is 95.5 cm³/mol. The summed E-state index contributed by atoms with van der Waals surface area (Å²) in [6.45, 7) is 2.53. The van der Waals surface area contributed by atoms with Crippen molar-refractivity contribution in [2.24, 2.45) is 5.92 Å². The lowest BCUT2D eigenvalue weighted by Crippen LogP contribution is -2.51. The summed E-state index contributed by atoms with van der Waals surface area (Å²) in [5.74, 6) is 0.568. The Kier molecular flexibility index (Phi) is 5.10. The van der Waals surface area contributed by atoms with Crippen molar-refractivity contribution in [2.45, 2.75) is 31.6 Å². The normalized spacial score (nSPS) is 25.8. The second-order valence-electron chi connectivity index (χ2n) is 6.63. The molecule has 0 unspecified atom stereocenters. The Hall–Kier alpha value is -1.76. The summed E-state index contributed by atoms with van der Waals surface area (Å²) in [7, 11) is 0. The van der Waals surface area contributed by atoms with E-state index in [0.717, 1.165) is 23.4 Å². The van der Waals surface area contributed by atoms with E-state index in [2.05, 4.69) is 4.98 Å². The van der Waals surface area contributed by atoms with Crippen LogP contribution in [-0.2, 0) is 16.1 Å². The largest absolute Gasteiger partial charge is 0.375 e. The van der Waals surface area contributed by atoms with Crippen LogP contribution in [-0.4, -0.2) is 47.7 Å². The molecular formula is C19H22N2O3S. The van der Waals surface area contributed by atoms with Gasteiger partial charge in [0.25, 0.3) is 5.91 Å². The first-order valence-electron chi connectivity index (χ1n) is 8.75. The van der Waals surface area contributed by atoms with Crippen molar-refractivity contribution in [3.8, 4) is 0 Å². The number of carbonyl (C=O) groups excluding carboxylic acids is 1. The summed E-state index contributed by atoms with van der Waals surface area (Å²) in [5.41, 5.74) is 0.948. The lowest BCUT2D eigenvalue weighted by molar-refractivity contribution is -0.0448. The molecule has 5 nitrogen and oxygen atoms in total. The number of morpholine rings is 1. The number of pyridine rings is 1. The van der Waals surface area contributed by atoms with Crippen molar-refractivity contribution < 1.29 is 14.3 Å². The fraction of sp³-hybridized carbons (Fsp3) is 0.474. The zero-order valence-electron chi connectivity index (χ0n) is 14.0. The monoisotopic (exact) mass is 358 g/mol. The van der Waals surface area contributed by atoms with Gasteiger partial charge in [0, 0.05) is 12.7 Å². The Morgan fingerprint density at radius 2 is 2.28 bits per heavy atom. The van der Waals surface area contributed by atoms with Gasteiger partial charge in [-0.15, -0.1) is 11.3 Å². The van der Waals surface area contributed by atoms with E-state index in [1.54, 1.807) is 6.20 Å². The molecule has 0 aromatic carbocycles. The SMILES string of the molecule is O=C(c1cccs1)N1CCO[C@@H]2C[C@@H](COCc3ccccn3)C[C@H]21. The van der Waals surface area contributed by atoms with Crippen LogP contribution in [0, 0.1) is 5.92 Å². The number of fused-ring (bicyclic) bond motifs is 1. The van der Waals surface area contributed by atoms with Crippen LogP contribution in [0.4, 0.5) is 0 Å². The van der Waals surface area contributed by atoms with Crippen molar-refractivity contribution in [1.29, 1.82) is 0 Å². The standard InChI is InChI=1S/C19H22N2O3S/c22-19(18-5-3-9-25-18)21-7-8-24-17-11-14(10-16(17)21)12-23-13-15-4-1-2-6-20-15/h1-6,9,14,16-17H,7-8,10-13H2/t14-,16+,17+/m0/s1. The molecule has 25 heavy (non-hydrogen) atoms. The van der Waals surface area contributed by atoms with Crippen molar-refractivity contribution in [3.05, 3.63) is 52.5 Å². The van der Waals surface area contributed by atoms with E-state index in [1.807, 2.05) is 40.6 Å². The molecule has 3 atom stereocenters. The van der Waals surface area contributed by atoms with Gasteiger partial charge in [0.15, 0.2) is 0 Å². The van der Waals surface area contributed by atoms with Gasteiger partial charge in [0.05, 0.1) is 42.5 Å². The maximum atomic E-state index is 12.8. The molecule has 2 aromatic rings. The minimum Gasteiger partial charge on any atom is -0.375 e. The van der Waals surface area contributed by atoms with E-state index in [9.17, 15) is 4.79 Å². The second kappa shape index (κ2) is 7.64. The van der Waals surface area contributed by atoms with Gasteiger partial charge in [0.1, 0.15) is 0 Å². The highest BCUT2D eigenvalue weighted by Crippen LogP contribution is 2.35. The van der Waals surface area contributed by atoms with Crippen LogP contribution in [0.5, 0.6) is 0 Å². The Morgan fingerprint density at radius 3 is 3.08 bits per heavy atom. The molecule has 2 aromatic heterocycles. The fourth-order valence-corrected chi connectivity index (χ4v) is 4.47. The van der Waals surface area contributed by atoms with E-state index in [-0.39, 0.29) is 18.1 Å². The highest BCUT2D eigenvalue weighted by Gasteiger charge is 2.43. The molecule has 0 N–H and O–H groups in total. The van der Waals surface area contributed by atoms with Gasteiger partial charge in [-0.2, -0.15) is 0 Å². The quantitative estimate of drug-likeness (QED) is 0.825. The summed E-state index contributed by atoms with van der Waals surface area (Å²) in [5, 5.41) is 1.95. The number of aromatic nitrogens is 1. The molecule has 2 aliphatic rings. The molecule has 132 valence electrons. The number of rotatable bonds is 5. The molecule has 6 heteroatoms. The third-order valence-electron chi connectivity index (χ3n) is 4.96. The number of hydrogen-bond donors (Lipinski definition) is 0. The maximum Gasteiger partial charge on any atom is 0.264 e. The van der Waals surface area contributed by atoms with E-state index in [1.165, 1.54) is 11.3 Å². The van der Waals surface area contributed by atoms with Crippen molar-refractivity contribution in [1.82, 2.24) is 9.88 Å². The summed E-state index contributed by atoms with van der Waals surface area (Å²) >= 11 is 1.51. The average molecular weight is 358 g/mol. The summed E-state index contributed by atoms with van der Waals surface area (Å²) in [6.07, 6.45) is 3.83. The van der Waals surface area contributed by atoms with E-state index >= 15 is 0 Å². The molecule has 4 rings (SSSR count). The molecule has 2 fully saturated rings. The van der Waals surface area contributed by atoms with Crippen LogP contribution in [0.2, 0.25) is 0 Å². The van der Waals surface area contributed by atoms with Crippen molar-refractivity contribution in [2.75, 3.05) is 19.8 Å². The lowest BCUT2D eigenvalue weighted by Gasteiger charge is -2.37. The van der Waals surface area contributed by atoms with Crippen LogP contribution in [0.1, 0.15) is 28.2 Å². The third kappa shape index (κ3) is 3.76. The number of thiophene rings is 1. The van der Waals surface area contributed by atoms with Crippen LogP contribution in [0.15, 0.2) is 41.9 Å². The first-order valence-corrected chi connectivity index (χ1v) is 9.63. The molecule has 1 saturated carbocycles. The smallest absolute Gasteiger partial charge is 0.264 e. The molecule has 0 bridgehead atoms. The highest BCUT2D eigenvalue weighted by molar-refractivity contribution is 7.12. The van der Waals surface area contributed by atoms with E-state index in [0.29, 0.717) is 32.3 Å². The first kappa shape index (κ1) is 16.7. The highest BCUT2D eigenvalue weighted by atomic mass is 32.1. The Bertz CT molecular complexity index is 692. The van der Waals surface area contributed by atoms with Gasteiger partial charge in [-0.05, 0) is 42.3 Å². The Morgan fingerprint density at radius 1 is 1.32 bits per heavy atom. The summed E-state index contributed by atoms with van der Waals surface area (Å²) < 4.78 is 11.8. The van der Waals surface area contributed by atoms with Gasteiger partial charge in [0.2, 0.25) is 0 Å². The zero-order valence-corrected chi connectivity index (χ0v) is 14.9. The van der Waals surface area contributed by atoms with Crippen LogP contribution in [0.3, 0.4) is 0 Å². The predicted octanol–water partition coefficient (Wildman–Crippen LogP) is 2.98. The van der Waals surface area contributed by atoms with Gasteiger partial charge in [-0.1, -0.05) is 12.1 Å². The fourth-order valence-electron chi connectivity index (χ4n) is 3.79. The van der Waals surface area contributed by atoms with Crippen molar-refractivity contribution >= 4 is 17.2 Å². The summed E-state index contributed by atoms with van der Waals surface area (Å²) in [4.78, 5) is 19.9. The molecule has 0 radical (unpaired) electrons.